The molecule has 2 heterocycles. The van der Waals surface area contributed by atoms with E-state index in [1.807, 2.05) is 6.07 Å². The van der Waals surface area contributed by atoms with Crippen LogP contribution in [0.3, 0.4) is 0 Å². The van der Waals surface area contributed by atoms with Crippen molar-refractivity contribution in [3.8, 4) is 0 Å². The number of benzene rings is 1. The predicted molar refractivity (Wildman–Crippen MR) is 71.2 cm³/mol. The van der Waals surface area contributed by atoms with Crippen molar-refractivity contribution in [1.29, 1.82) is 0 Å². The lowest BCUT2D eigenvalue weighted by atomic mass is 9.92. The molecule has 0 saturated carbocycles. The summed E-state index contributed by atoms with van der Waals surface area (Å²) in [7, 11) is 0. The van der Waals surface area contributed by atoms with Crippen LogP contribution in [-0.2, 0) is 0 Å². The van der Waals surface area contributed by atoms with Crippen LogP contribution in [0.4, 0.5) is 4.39 Å². The summed E-state index contributed by atoms with van der Waals surface area (Å²) in [5.74, 6) is 0.510. The fourth-order valence-electron chi connectivity index (χ4n) is 2.62. The summed E-state index contributed by atoms with van der Waals surface area (Å²) in [4.78, 5) is 1.42. The molecule has 1 fully saturated rings. The lowest BCUT2D eigenvalue weighted by Crippen LogP contribution is -2.34. The van der Waals surface area contributed by atoms with Crippen LogP contribution in [0.5, 0.6) is 0 Å². The minimum atomic E-state index is -0.135. The zero-order valence-electron chi connectivity index (χ0n) is 9.87. The summed E-state index contributed by atoms with van der Waals surface area (Å²) < 4.78 is 14.2. The Balaban J connectivity index is 1.94. The van der Waals surface area contributed by atoms with Gasteiger partial charge in [0.1, 0.15) is 5.82 Å². The maximum Gasteiger partial charge on any atom is 0.124 e. The third kappa shape index (κ3) is 2.22. The normalized spacial score (nSPS) is 25.3. The van der Waals surface area contributed by atoms with E-state index in [-0.39, 0.29) is 5.82 Å². The molecule has 3 heteroatoms. The first-order valence-corrected chi connectivity index (χ1v) is 6.96. The number of hydrogen-bond acceptors (Lipinski definition) is 2. The average Bonchev–Trinajstić information content (AvgIpc) is 2.72. The third-order valence-electron chi connectivity index (χ3n) is 3.53. The molecule has 1 N–H and O–H groups in total. The van der Waals surface area contributed by atoms with Crippen LogP contribution in [0.25, 0.3) is 10.1 Å². The fraction of sp³-hybridized carbons (Fsp3) is 0.429. The molecule has 1 saturated heterocycles. The van der Waals surface area contributed by atoms with E-state index in [4.69, 9.17) is 0 Å². The Morgan fingerprint density at radius 2 is 2.24 bits per heavy atom. The van der Waals surface area contributed by atoms with Crippen LogP contribution in [0.2, 0.25) is 0 Å². The first-order chi connectivity index (χ1) is 8.22. The molecular weight excluding hydrogens is 233 g/mol. The van der Waals surface area contributed by atoms with Gasteiger partial charge < -0.3 is 5.32 Å². The van der Waals surface area contributed by atoms with Gasteiger partial charge in [0.15, 0.2) is 0 Å². The van der Waals surface area contributed by atoms with Gasteiger partial charge in [-0.1, -0.05) is 6.07 Å². The third-order valence-corrected chi connectivity index (χ3v) is 4.79. The molecule has 2 atom stereocenters. The van der Waals surface area contributed by atoms with E-state index in [0.29, 0.717) is 12.0 Å². The van der Waals surface area contributed by atoms with Crippen molar-refractivity contribution < 1.29 is 4.39 Å². The Bertz CT molecular complexity index is 534. The van der Waals surface area contributed by atoms with E-state index in [9.17, 15) is 4.39 Å². The summed E-state index contributed by atoms with van der Waals surface area (Å²) in [6.45, 7) is 3.33. The van der Waals surface area contributed by atoms with Crippen molar-refractivity contribution in [2.45, 2.75) is 31.7 Å². The first kappa shape index (κ1) is 11.2. The second-order valence-electron chi connectivity index (χ2n) is 4.91. The number of halogens is 1. The van der Waals surface area contributed by atoms with Gasteiger partial charge in [-0.15, -0.1) is 11.3 Å². The number of thiophene rings is 1. The van der Waals surface area contributed by atoms with Gasteiger partial charge in [-0.3, -0.25) is 0 Å². The fourth-order valence-corrected chi connectivity index (χ4v) is 3.85. The maximum absolute atomic E-state index is 13.1. The molecular formula is C14H16FNS. The molecule has 0 aliphatic carbocycles. The zero-order chi connectivity index (χ0) is 11.8. The van der Waals surface area contributed by atoms with Crippen LogP contribution >= 0.6 is 11.3 Å². The number of rotatable bonds is 1. The molecule has 0 unspecified atom stereocenters. The van der Waals surface area contributed by atoms with Gasteiger partial charge in [0, 0.05) is 15.6 Å². The highest BCUT2D eigenvalue weighted by Gasteiger charge is 2.21. The largest absolute Gasteiger partial charge is 0.314 e. The number of hydrogen-bond donors (Lipinski definition) is 1. The first-order valence-electron chi connectivity index (χ1n) is 6.15. The van der Waals surface area contributed by atoms with Crippen LogP contribution in [0, 0.1) is 5.82 Å². The molecule has 2 aromatic rings. The second kappa shape index (κ2) is 4.39. The molecule has 3 rings (SSSR count). The van der Waals surface area contributed by atoms with Crippen molar-refractivity contribution in [3.05, 3.63) is 35.0 Å². The van der Waals surface area contributed by atoms with E-state index in [1.165, 1.54) is 23.1 Å². The molecule has 90 valence electrons. The summed E-state index contributed by atoms with van der Waals surface area (Å²) in [6, 6.07) is 7.91. The van der Waals surface area contributed by atoms with Gasteiger partial charge in [0.2, 0.25) is 0 Å². The van der Waals surface area contributed by atoms with Crippen LogP contribution in [0.1, 0.15) is 30.6 Å². The number of fused-ring (bicyclic) bond motifs is 1. The summed E-state index contributed by atoms with van der Waals surface area (Å²) in [5, 5.41) is 4.65. The van der Waals surface area contributed by atoms with E-state index in [1.54, 1.807) is 23.5 Å². The maximum atomic E-state index is 13.1. The Labute approximate surface area is 105 Å². The van der Waals surface area contributed by atoms with Crippen molar-refractivity contribution in [2.75, 3.05) is 6.54 Å². The highest BCUT2D eigenvalue weighted by Crippen LogP contribution is 2.36. The van der Waals surface area contributed by atoms with Crippen molar-refractivity contribution in [2.24, 2.45) is 0 Å². The molecule has 1 aliphatic rings. The van der Waals surface area contributed by atoms with Crippen molar-refractivity contribution in [1.82, 2.24) is 5.32 Å². The Hall–Kier alpha value is -0.930. The molecule has 1 aliphatic heterocycles. The Morgan fingerprint density at radius 3 is 3.06 bits per heavy atom. The lowest BCUT2D eigenvalue weighted by Gasteiger charge is -2.27. The summed E-state index contributed by atoms with van der Waals surface area (Å²) in [5.41, 5.74) is 0. The highest BCUT2D eigenvalue weighted by molar-refractivity contribution is 7.19. The SMILES string of the molecule is C[C@@H]1C[C@H](c2cc3ccc(F)cc3s2)CCN1. The van der Waals surface area contributed by atoms with E-state index in [0.717, 1.165) is 11.2 Å². The topological polar surface area (TPSA) is 12.0 Å². The van der Waals surface area contributed by atoms with Gasteiger partial charge in [0.25, 0.3) is 0 Å². The Morgan fingerprint density at radius 1 is 1.35 bits per heavy atom. The smallest absolute Gasteiger partial charge is 0.124 e. The number of nitrogens with one attached hydrogen (secondary N) is 1. The van der Waals surface area contributed by atoms with E-state index in [2.05, 4.69) is 18.3 Å². The highest BCUT2D eigenvalue weighted by atomic mass is 32.1. The van der Waals surface area contributed by atoms with Crippen LogP contribution in [-0.4, -0.2) is 12.6 Å². The summed E-state index contributed by atoms with van der Waals surface area (Å²) >= 11 is 1.75. The van der Waals surface area contributed by atoms with Gasteiger partial charge >= 0.3 is 0 Å². The molecule has 1 aromatic heterocycles. The van der Waals surface area contributed by atoms with Gasteiger partial charge in [0.05, 0.1) is 0 Å². The molecule has 0 radical (unpaired) electrons. The molecule has 0 spiro atoms. The van der Waals surface area contributed by atoms with E-state index < -0.39 is 0 Å². The second-order valence-corrected chi connectivity index (χ2v) is 6.02. The lowest BCUT2D eigenvalue weighted by molar-refractivity contribution is 0.384. The molecule has 1 nitrogen and oxygen atoms in total. The molecule has 17 heavy (non-hydrogen) atoms. The monoisotopic (exact) mass is 249 g/mol. The Kier molecular flexibility index (Phi) is 2.89. The molecule has 0 bridgehead atoms. The molecule has 1 aromatic carbocycles. The van der Waals surface area contributed by atoms with Gasteiger partial charge in [-0.25, -0.2) is 4.39 Å². The zero-order valence-corrected chi connectivity index (χ0v) is 10.7. The van der Waals surface area contributed by atoms with Crippen molar-refractivity contribution in [3.63, 3.8) is 0 Å². The van der Waals surface area contributed by atoms with E-state index >= 15 is 0 Å². The van der Waals surface area contributed by atoms with Gasteiger partial charge in [-0.2, -0.15) is 0 Å². The van der Waals surface area contributed by atoms with Crippen molar-refractivity contribution >= 4 is 21.4 Å². The van der Waals surface area contributed by atoms with Crippen LogP contribution < -0.4 is 5.32 Å². The van der Waals surface area contributed by atoms with Gasteiger partial charge in [-0.05, 0) is 55.8 Å². The predicted octanol–water partition coefficient (Wildman–Crippen LogP) is 3.90. The summed E-state index contributed by atoms with van der Waals surface area (Å²) in [6.07, 6.45) is 2.38. The number of piperidine rings is 1. The standard InChI is InChI=1S/C14H16FNS/c1-9-6-11(4-5-16-9)13-7-10-2-3-12(15)8-14(10)17-13/h2-3,7-9,11,16H,4-6H2,1H3/t9-,11-/m1/s1. The average molecular weight is 249 g/mol. The van der Waals surface area contributed by atoms with Crippen LogP contribution in [0.15, 0.2) is 24.3 Å². The quantitative estimate of drug-likeness (QED) is 0.808. The minimum Gasteiger partial charge on any atom is -0.314 e. The minimum absolute atomic E-state index is 0.135. The molecule has 0 amide bonds.